The number of nitrogens with one attached hydrogen (secondary N) is 3. The Morgan fingerprint density at radius 1 is 1.06 bits per heavy atom. The number of amides is 3. The molecule has 0 radical (unpaired) electrons. The van der Waals surface area contributed by atoms with E-state index in [-0.39, 0.29) is 22.9 Å². The van der Waals surface area contributed by atoms with Crippen molar-refractivity contribution in [2.45, 2.75) is 26.2 Å². The van der Waals surface area contributed by atoms with Gasteiger partial charge in [-0.2, -0.15) is 5.10 Å². The van der Waals surface area contributed by atoms with Crippen LogP contribution in [0.15, 0.2) is 51.3 Å². The van der Waals surface area contributed by atoms with Crippen LogP contribution in [-0.2, 0) is 6.42 Å². The van der Waals surface area contributed by atoms with Crippen LogP contribution in [0.2, 0.25) is 0 Å². The van der Waals surface area contributed by atoms with Crippen LogP contribution in [0.1, 0.15) is 60.3 Å². The predicted octanol–water partition coefficient (Wildman–Crippen LogP) is 3.10. The maximum absolute atomic E-state index is 12.7. The summed E-state index contributed by atoms with van der Waals surface area (Å²) < 4.78 is 5.74. The van der Waals surface area contributed by atoms with Crippen molar-refractivity contribution in [2.75, 3.05) is 0 Å². The van der Waals surface area contributed by atoms with Crippen molar-refractivity contribution in [3.63, 3.8) is 0 Å². The quantitative estimate of drug-likeness (QED) is 0.375. The second kappa shape index (κ2) is 9.67. The average molecular weight is 481 g/mol. The van der Waals surface area contributed by atoms with Gasteiger partial charge in [-0.1, -0.05) is 18.2 Å². The SMILES string of the molecule is Cc1c(C(=O)NNC(=O)c2ccccc2[N+](=O)[O-])oc2c1/C(=N/NC(=O)c1cccs1)CCC2. The Bertz CT molecular complexity index is 1310. The maximum atomic E-state index is 12.7. The van der Waals surface area contributed by atoms with Crippen molar-refractivity contribution in [3.05, 3.63) is 85.0 Å². The first-order valence-electron chi connectivity index (χ1n) is 10.2. The van der Waals surface area contributed by atoms with Crippen molar-refractivity contribution in [1.29, 1.82) is 0 Å². The van der Waals surface area contributed by atoms with Gasteiger partial charge in [0.15, 0.2) is 5.76 Å². The number of hydrazine groups is 1. The van der Waals surface area contributed by atoms with Gasteiger partial charge in [-0.05, 0) is 37.3 Å². The summed E-state index contributed by atoms with van der Waals surface area (Å²) in [5.41, 5.74) is 8.12. The van der Waals surface area contributed by atoms with Crippen molar-refractivity contribution < 1.29 is 23.7 Å². The van der Waals surface area contributed by atoms with E-state index in [1.807, 2.05) is 0 Å². The highest BCUT2D eigenvalue weighted by atomic mass is 32.1. The standard InChI is InChI=1S/C22H19N5O6S/c1-12-18-14(23-25-21(29)17-10-5-11-34-17)7-4-9-16(18)33-19(12)22(30)26-24-20(28)13-6-2-3-8-15(13)27(31)32/h2-3,5-6,8,10-11H,4,7,9H2,1H3,(H,24,28)(H,25,29)(H,26,30)/b23-14+. The van der Waals surface area contributed by atoms with Crippen LogP contribution in [-0.4, -0.2) is 28.4 Å². The van der Waals surface area contributed by atoms with E-state index in [0.29, 0.717) is 40.3 Å². The molecule has 0 saturated heterocycles. The van der Waals surface area contributed by atoms with Crippen LogP contribution in [0.4, 0.5) is 5.69 Å². The fourth-order valence-electron chi connectivity index (χ4n) is 3.64. The summed E-state index contributed by atoms with van der Waals surface area (Å²) in [6, 6.07) is 8.85. The first kappa shape index (κ1) is 22.9. The number of benzene rings is 1. The molecular formula is C22H19N5O6S. The van der Waals surface area contributed by atoms with Crippen LogP contribution in [0.25, 0.3) is 0 Å². The highest BCUT2D eigenvalue weighted by Gasteiger charge is 2.29. The Kier molecular flexibility index (Phi) is 6.50. The van der Waals surface area contributed by atoms with Gasteiger partial charge >= 0.3 is 5.91 Å². The minimum absolute atomic E-state index is 0.0213. The summed E-state index contributed by atoms with van der Waals surface area (Å²) in [4.78, 5) is 48.2. The van der Waals surface area contributed by atoms with Crippen LogP contribution in [0.3, 0.4) is 0 Å². The molecule has 0 bridgehead atoms. The number of para-hydroxylation sites is 1. The zero-order valence-electron chi connectivity index (χ0n) is 17.9. The summed E-state index contributed by atoms with van der Waals surface area (Å²) in [6.07, 6.45) is 1.90. The normalized spacial score (nSPS) is 13.7. The van der Waals surface area contributed by atoms with E-state index in [4.69, 9.17) is 4.42 Å². The van der Waals surface area contributed by atoms with Gasteiger partial charge in [0.1, 0.15) is 11.3 Å². The number of hydrogen-bond donors (Lipinski definition) is 3. The van der Waals surface area contributed by atoms with Gasteiger partial charge in [0, 0.05) is 23.6 Å². The molecule has 34 heavy (non-hydrogen) atoms. The van der Waals surface area contributed by atoms with Crippen molar-refractivity contribution in [2.24, 2.45) is 5.10 Å². The maximum Gasteiger partial charge on any atom is 0.305 e. The molecule has 3 aromatic rings. The van der Waals surface area contributed by atoms with Gasteiger partial charge in [-0.3, -0.25) is 35.3 Å². The lowest BCUT2D eigenvalue weighted by Gasteiger charge is -2.13. The molecule has 1 aliphatic carbocycles. The summed E-state index contributed by atoms with van der Waals surface area (Å²) in [5, 5.41) is 17.2. The first-order valence-corrected chi connectivity index (χ1v) is 11.1. The molecule has 1 aromatic carbocycles. The third-order valence-electron chi connectivity index (χ3n) is 5.20. The highest BCUT2D eigenvalue weighted by Crippen LogP contribution is 2.30. The van der Waals surface area contributed by atoms with E-state index in [0.717, 1.165) is 6.42 Å². The number of carbonyl (C=O) groups is 3. The number of nitro groups is 1. The van der Waals surface area contributed by atoms with Gasteiger partial charge in [0.05, 0.1) is 15.5 Å². The lowest BCUT2D eigenvalue weighted by Crippen LogP contribution is -2.41. The molecule has 4 rings (SSSR count). The summed E-state index contributed by atoms with van der Waals surface area (Å²) >= 11 is 1.30. The number of nitro benzene ring substituents is 1. The van der Waals surface area contributed by atoms with Gasteiger partial charge in [0.2, 0.25) is 0 Å². The molecule has 12 heteroatoms. The molecule has 3 amide bonds. The average Bonchev–Trinajstić information content (AvgIpc) is 3.49. The second-order valence-electron chi connectivity index (χ2n) is 7.37. The Morgan fingerprint density at radius 3 is 2.56 bits per heavy atom. The molecule has 0 spiro atoms. The molecule has 0 atom stereocenters. The number of rotatable bonds is 5. The molecule has 1 aliphatic rings. The van der Waals surface area contributed by atoms with E-state index in [9.17, 15) is 24.5 Å². The van der Waals surface area contributed by atoms with Crippen LogP contribution < -0.4 is 16.3 Å². The third kappa shape index (κ3) is 4.57. The number of aryl methyl sites for hydroxylation is 1. The number of carbonyl (C=O) groups excluding carboxylic acids is 3. The Labute approximate surface area is 197 Å². The Balaban J connectivity index is 1.49. The first-order chi connectivity index (χ1) is 16.4. The molecule has 2 heterocycles. The zero-order chi connectivity index (χ0) is 24.2. The van der Waals surface area contributed by atoms with E-state index in [1.54, 1.807) is 24.4 Å². The highest BCUT2D eigenvalue weighted by molar-refractivity contribution is 7.12. The summed E-state index contributed by atoms with van der Waals surface area (Å²) in [7, 11) is 0. The predicted molar refractivity (Wildman–Crippen MR) is 123 cm³/mol. The topological polar surface area (TPSA) is 156 Å². The van der Waals surface area contributed by atoms with Crippen LogP contribution >= 0.6 is 11.3 Å². The van der Waals surface area contributed by atoms with E-state index >= 15 is 0 Å². The second-order valence-corrected chi connectivity index (χ2v) is 8.31. The zero-order valence-corrected chi connectivity index (χ0v) is 18.7. The number of nitrogens with zero attached hydrogens (tertiary/aromatic N) is 2. The largest absolute Gasteiger partial charge is 0.455 e. The lowest BCUT2D eigenvalue weighted by atomic mass is 9.93. The Morgan fingerprint density at radius 2 is 1.82 bits per heavy atom. The van der Waals surface area contributed by atoms with Crippen molar-refractivity contribution in [3.8, 4) is 0 Å². The van der Waals surface area contributed by atoms with Crippen LogP contribution in [0.5, 0.6) is 0 Å². The molecule has 11 nitrogen and oxygen atoms in total. The van der Waals surface area contributed by atoms with E-state index in [2.05, 4.69) is 21.4 Å². The molecule has 2 aromatic heterocycles. The number of hydrogen-bond acceptors (Lipinski definition) is 8. The van der Waals surface area contributed by atoms with E-state index < -0.39 is 16.7 Å². The fourth-order valence-corrected chi connectivity index (χ4v) is 4.25. The molecule has 0 saturated carbocycles. The fraction of sp³-hybridized carbons (Fsp3) is 0.182. The molecule has 0 aliphatic heterocycles. The van der Waals surface area contributed by atoms with Crippen molar-refractivity contribution in [1.82, 2.24) is 16.3 Å². The molecular weight excluding hydrogens is 462 g/mol. The number of hydrazone groups is 1. The number of furan rings is 1. The van der Waals surface area contributed by atoms with Gasteiger partial charge in [-0.15, -0.1) is 11.3 Å². The Hall–Kier alpha value is -4.32. The van der Waals surface area contributed by atoms with Gasteiger partial charge in [0.25, 0.3) is 17.5 Å². The monoisotopic (exact) mass is 481 g/mol. The molecule has 3 N–H and O–H groups in total. The van der Waals surface area contributed by atoms with E-state index in [1.165, 1.54) is 35.6 Å². The number of fused-ring (bicyclic) bond motifs is 1. The smallest absolute Gasteiger partial charge is 0.305 e. The third-order valence-corrected chi connectivity index (χ3v) is 6.07. The van der Waals surface area contributed by atoms with Crippen molar-refractivity contribution >= 4 is 40.5 Å². The van der Waals surface area contributed by atoms with Gasteiger partial charge < -0.3 is 4.42 Å². The molecule has 174 valence electrons. The summed E-state index contributed by atoms with van der Waals surface area (Å²) in [6.45, 7) is 1.68. The minimum atomic E-state index is -0.840. The van der Waals surface area contributed by atoms with Gasteiger partial charge in [-0.25, -0.2) is 5.43 Å². The minimum Gasteiger partial charge on any atom is -0.455 e. The lowest BCUT2D eigenvalue weighted by molar-refractivity contribution is -0.385. The van der Waals surface area contributed by atoms with Crippen LogP contribution in [0, 0.1) is 17.0 Å². The molecule has 0 fully saturated rings. The summed E-state index contributed by atoms with van der Waals surface area (Å²) in [5.74, 6) is -1.35. The molecule has 0 unspecified atom stereocenters. The number of thiophene rings is 1.